The van der Waals surface area contributed by atoms with E-state index in [4.69, 9.17) is 21.1 Å². The van der Waals surface area contributed by atoms with Crippen LogP contribution in [0.15, 0.2) is 46.9 Å². The molecule has 1 aromatic heterocycles. The number of carboxylic acids is 1. The maximum Gasteiger partial charge on any atom is 0.335 e. The predicted molar refractivity (Wildman–Crippen MR) is 75.2 cm³/mol. The van der Waals surface area contributed by atoms with Crippen molar-refractivity contribution in [2.45, 2.75) is 6.42 Å². The number of nitrogens with zero attached hydrogens (tertiary/aromatic N) is 1. The Hall–Kier alpha value is -2.33. The minimum Gasteiger partial charge on any atom is -0.478 e. The molecule has 0 spiro atoms. The van der Waals surface area contributed by atoms with Gasteiger partial charge < -0.3 is 9.52 Å². The zero-order valence-corrected chi connectivity index (χ0v) is 11.1. The summed E-state index contributed by atoms with van der Waals surface area (Å²) < 4.78 is 5.60. The Labute approximate surface area is 119 Å². The summed E-state index contributed by atoms with van der Waals surface area (Å²) in [4.78, 5) is 15.2. The molecule has 20 heavy (non-hydrogen) atoms. The van der Waals surface area contributed by atoms with E-state index in [0.29, 0.717) is 28.4 Å². The molecule has 4 nitrogen and oxygen atoms in total. The van der Waals surface area contributed by atoms with E-state index in [1.807, 2.05) is 18.2 Å². The molecule has 1 heterocycles. The van der Waals surface area contributed by atoms with Crippen molar-refractivity contribution in [1.82, 2.24) is 4.98 Å². The van der Waals surface area contributed by atoms with E-state index in [0.717, 1.165) is 5.56 Å². The molecular formula is C15H10ClNO3. The van der Waals surface area contributed by atoms with Crippen LogP contribution in [0.2, 0.25) is 5.02 Å². The first-order chi connectivity index (χ1) is 9.61. The smallest absolute Gasteiger partial charge is 0.335 e. The first-order valence-corrected chi connectivity index (χ1v) is 6.37. The van der Waals surface area contributed by atoms with Gasteiger partial charge in [0.15, 0.2) is 11.5 Å². The van der Waals surface area contributed by atoms with Gasteiger partial charge in [0, 0.05) is 11.4 Å². The summed E-state index contributed by atoms with van der Waals surface area (Å²) in [5.41, 5.74) is 2.30. The van der Waals surface area contributed by atoms with Crippen molar-refractivity contribution >= 4 is 28.7 Å². The van der Waals surface area contributed by atoms with Crippen LogP contribution in [-0.2, 0) is 6.42 Å². The molecule has 0 aliphatic heterocycles. The van der Waals surface area contributed by atoms with Crippen LogP contribution < -0.4 is 0 Å². The molecule has 100 valence electrons. The minimum absolute atomic E-state index is 0.195. The molecule has 0 amide bonds. The molecule has 2 aromatic carbocycles. The highest BCUT2D eigenvalue weighted by atomic mass is 35.5. The molecule has 0 saturated carbocycles. The lowest BCUT2D eigenvalue weighted by atomic mass is 10.1. The predicted octanol–water partition coefficient (Wildman–Crippen LogP) is 3.77. The Morgan fingerprint density at radius 3 is 2.85 bits per heavy atom. The van der Waals surface area contributed by atoms with Crippen LogP contribution >= 0.6 is 11.6 Å². The van der Waals surface area contributed by atoms with Crippen molar-refractivity contribution in [2.75, 3.05) is 0 Å². The second-order valence-electron chi connectivity index (χ2n) is 4.40. The molecule has 0 radical (unpaired) electrons. The van der Waals surface area contributed by atoms with Crippen molar-refractivity contribution in [2.24, 2.45) is 0 Å². The van der Waals surface area contributed by atoms with Gasteiger partial charge in [0.2, 0.25) is 0 Å². The fourth-order valence-electron chi connectivity index (χ4n) is 2.01. The van der Waals surface area contributed by atoms with Crippen molar-refractivity contribution in [3.63, 3.8) is 0 Å². The molecule has 0 bridgehead atoms. The molecule has 0 aliphatic carbocycles. The summed E-state index contributed by atoms with van der Waals surface area (Å²) in [5.74, 6) is -0.448. The Balaban J connectivity index is 1.95. The standard InChI is InChI=1S/C15H10ClNO3/c16-11-3-1-2-9(6-11)7-14-17-12-8-10(15(18)19)4-5-13(12)20-14/h1-6,8H,7H2,(H,18,19). The minimum atomic E-state index is -0.980. The lowest BCUT2D eigenvalue weighted by Crippen LogP contribution is -1.94. The molecule has 3 rings (SSSR count). The molecule has 0 unspecified atom stereocenters. The highest BCUT2D eigenvalue weighted by Gasteiger charge is 2.10. The van der Waals surface area contributed by atoms with Gasteiger partial charge in [0.1, 0.15) is 5.52 Å². The van der Waals surface area contributed by atoms with Crippen molar-refractivity contribution in [1.29, 1.82) is 0 Å². The third kappa shape index (κ3) is 2.51. The van der Waals surface area contributed by atoms with E-state index in [9.17, 15) is 4.79 Å². The number of hydrogen-bond acceptors (Lipinski definition) is 3. The van der Waals surface area contributed by atoms with E-state index in [2.05, 4.69) is 4.98 Å². The van der Waals surface area contributed by atoms with E-state index in [-0.39, 0.29) is 5.56 Å². The van der Waals surface area contributed by atoms with Crippen molar-refractivity contribution < 1.29 is 14.3 Å². The van der Waals surface area contributed by atoms with Gasteiger partial charge in [-0.1, -0.05) is 23.7 Å². The van der Waals surface area contributed by atoms with E-state index in [1.165, 1.54) is 12.1 Å². The number of carboxylic acid groups (broad SMARTS) is 1. The number of aromatic nitrogens is 1. The maximum absolute atomic E-state index is 10.9. The third-order valence-electron chi connectivity index (χ3n) is 2.92. The number of aromatic carboxylic acids is 1. The van der Waals surface area contributed by atoms with E-state index in [1.54, 1.807) is 12.1 Å². The lowest BCUT2D eigenvalue weighted by Gasteiger charge is -1.97. The normalized spacial score (nSPS) is 10.8. The highest BCUT2D eigenvalue weighted by Crippen LogP contribution is 2.20. The van der Waals surface area contributed by atoms with Crippen LogP contribution in [0.1, 0.15) is 21.8 Å². The molecule has 0 fully saturated rings. The van der Waals surface area contributed by atoms with Gasteiger partial charge in [-0.25, -0.2) is 9.78 Å². The van der Waals surface area contributed by atoms with Gasteiger partial charge in [-0.15, -0.1) is 0 Å². The quantitative estimate of drug-likeness (QED) is 0.796. The second-order valence-corrected chi connectivity index (χ2v) is 4.84. The molecule has 1 N–H and O–H groups in total. The van der Waals surface area contributed by atoms with Crippen LogP contribution in [0, 0.1) is 0 Å². The number of carbonyl (C=O) groups is 1. The van der Waals surface area contributed by atoms with Crippen LogP contribution in [0.25, 0.3) is 11.1 Å². The van der Waals surface area contributed by atoms with Crippen LogP contribution in [0.4, 0.5) is 0 Å². The second kappa shape index (κ2) is 4.98. The zero-order valence-electron chi connectivity index (χ0n) is 10.3. The van der Waals surface area contributed by atoms with Crippen molar-refractivity contribution in [3.8, 4) is 0 Å². The van der Waals surface area contributed by atoms with Crippen LogP contribution in [0.3, 0.4) is 0 Å². The molecule has 3 aromatic rings. The first kappa shape index (κ1) is 12.7. The monoisotopic (exact) mass is 287 g/mol. The van der Waals surface area contributed by atoms with Gasteiger partial charge in [0.05, 0.1) is 5.56 Å². The summed E-state index contributed by atoms with van der Waals surface area (Å²) >= 11 is 5.93. The zero-order chi connectivity index (χ0) is 14.1. The summed E-state index contributed by atoms with van der Waals surface area (Å²) in [6.07, 6.45) is 0.512. The molecule has 5 heteroatoms. The Kier molecular flexibility index (Phi) is 3.16. The molecule has 0 atom stereocenters. The molecule has 0 aliphatic rings. The van der Waals surface area contributed by atoms with Gasteiger partial charge in [0.25, 0.3) is 0 Å². The highest BCUT2D eigenvalue weighted by molar-refractivity contribution is 6.30. The fraction of sp³-hybridized carbons (Fsp3) is 0.0667. The van der Waals surface area contributed by atoms with Gasteiger partial charge >= 0.3 is 5.97 Å². The lowest BCUT2D eigenvalue weighted by molar-refractivity contribution is 0.0697. The number of benzene rings is 2. The molecular weight excluding hydrogens is 278 g/mol. The average molecular weight is 288 g/mol. The summed E-state index contributed by atoms with van der Waals surface area (Å²) in [5, 5.41) is 9.60. The van der Waals surface area contributed by atoms with Crippen LogP contribution in [-0.4, -0.2) is 16.1 Å². The van der Waals surface area contributed by atoms with Crippen molar-refractivity contribution in [3.05, 3.63) is 64.5 Å². The Bertz CT molecular complexity index is 795. The number of hydrogen-bond donors (Lipinski definition) is 1. The third-order valence-corrected chi connectivity index (χ3v) is 3.16. The number of oxazole rings is 1. The van der Waals surface area contributed by atoms with Gasteiger partial charge in [-0.2, -0.15) is 0 Å². The average Bonchev–Trinajstić information content (AvgIpc) is 2.79. The number of rotatable bonds is 3. The summed E-state index contributed by atoms with van der Waals surface area (Å²) in [6.45, 7) is 0. The van der Waals surface area contributed by atoms with E-state index >= 15 is 0 Å². The number of fused-ring (bicyclic) bond motifs is 1. The maximum atomic E-state index is 10.9. The van der Waals surface area contributed by atoms with Gasteiger partial charge in [-0.05, 0) is 35.9 Å². The van der Waals surface area contributed by atoms with Gasteiger partial charge in [-0.3, -0.25) is 0 Å². The topological polar surface area (TPSA) is 63.3 Å². The summed E-state index contributed by atoms with van der Waals surface area (Å²) in [7, 11) is 0. The fourth-order valence-corrected chi connectivity index (χ4v) is 2.22. The van der Waals surface area contributed by atoms with E-state index < -0.39 is 5.97 Å². The Morgan fingerprint density at radius 2 is 2.10 bits per heavy atom. The Morgan fingerprint density at radius 1 is 1.25 bits per heavy atom. The largest absolute Gasteiger partial charge is 0.478 e. The molecule has 0 saturated heterocycles. The summed E-state index contributed by atoms with van der Waals surface area (Å²) in [6, 6.07) is 12.1. The van der Waals surface area contributed by atoms with Crippen LogP contribution in [0.5, 0.6) is 0 Å². The SMILES string of the molecule is O=C(O)c1ccc2oc(Cc3cccc(Cl)c3)nc2c1. The first-order valence-electron chi connectivity index (χ1n) is 5.99. The number of halogens is 1.